The van der Waals surface area contributed by atoms with E-state index in [2.05, 4.69) is 27.8 Å². The number of rotatable bonds is 3. The molecule has 0 amide bonds. The summed E-state index contributed by atoms with van der Waals surface area (Å²) < 4.78 is 26.7. The summed E-state index contributed by atoms with van der Waals surface area (Å²) in [6, 6.07) is 0. The summed E-state index contributed by atoms with van der Waals surface area (Å²) in [4.78, 5) is 2.98. The fourth-order valence-electron chi connectivity index (χ4n) is 3.39. The molecule has 1 heterocycles. The molecule has 0 spiro atoms. The van der Waals surface area contributed by atoms with Gasteiger partial charge in [-0.3, -0.25) is 0 Å². The lowest BCUT2D eigenvalue weighted by atomic mass is 9.85. The van der Waals surface area contributed by atoms with Crippen molar-refractivity contribution < 1.29 is 8.78 Å². The minimum atomic E-state index is -2.40. The van der Waals surface area contributed by atoms with E-state index in [1.165, 1.54) is 12.8 Å². The van der Waals surface area contributed by atoms with Gasteiger partial charge in [0.2, 0.25) is 5.92 Å². The molecule has 106 valence electrons. The topological polar surface area (TPSA) is 3.24 Å². The molecular formula is C14H24BrF2N. The predicted octanol–water partition coefficient (Wildman–Crippen LogP) is 4.31. The molecule has 2 aliphatic rings. The first kappa shape index (κ1) is 14.7. The van der Waals surface area contributed by atoms with Crippen LogP contribution in [0.3, 0.4) is 0 Å². The van der Waals surface area contributed by atoms with E-state index in [0.717, 1.165) is 32.0 Å². The van der Waals surface area contributed by atoms with Crippen LogP contribution in [0, 0.1) is 11.8 Å². The van der Waals surface area contributed by atoms with Crippen molar-refractivity contribution in [2.24, 2.45) is 11.8 Å². The van der Waals surface area contributed by atoms with Gasteiger partial charge in [-0.25, -0.2) is 8.78 Å². The number of hydrogen-bond donors (Lipinski definition) is 0. The monoisotopic (exact) mass is 323 g/mol. The van der Waals surface area contributed by atoms with Gasteiger partial charge in [-0.05, 0) is 50.6 Å². The molecule has 2 unspecified atom stereocenters. The lowest BCUT2D eigenvalue weighted by Crippen LogP contribution is -2.40. The largest absolute Gasteiger partial charge is 0.303 e. The molecule has 1 aliphatic heterocycles. The van der Waals surface area contributed by atoms with E-state index >= 15 is 0 Å². The number of nitrogens with zero attached hydrogens (tertiary/aromatic N) is 1. The van der Waals surface area contributed by atoms with E-state index in [9.17, 15) is 8.78 Å². The molecule has 1 saturated carbocycles. The third kappa shape index (κ3) is 4.16. The molecular weight excluding hydrogens is 300 g/mol. The molecule has 2 rings (SSSR count). The first-order valence-corrected chi connectivity index (χ1v) is 8.12. The Morgan fingerprint density at radius 2 is 1.94 bits per heavy atom. The zero-order valence-corrected chi connectivity index (χ0v) is 12.8. The lowest BCUT2D eigenvalue weighted by Gasteiger charge is -2.37. The van der Waals surface area contributed by atoms with E-state index in [-0.39, 0.29) is 18.8 Å². The van der Waals surface area contributed by atoms with Crippen molar-refractivity contribution in [3.63, 3.8) is 0 Å². The Labute approximate surface area is 117 Å². The normalized spacial score (nSPS) is 32.3. The smallest absolute Gasteiger partial charge is 0.248 e. The standard InChI is InChI=1S/C14H24BrF2N/c1-11(15)13-4-7-18(8-5-13)10-12-3-2-6-14(16,17)9-12/h11-13H,2-10H2,1H3. The van der Waals surface area contributed by atoms with Crippen molar-refractivity contribution in [1.82, 2.24) is 4.90 Å². The van der Waals surface area contributed by atoms with Crippen LogP contribution in [-0.4, -0.2) is 35.3 Å². The van der Waals surface area contributed by atoms with Crippen molar-refractivity contribution >= 4 is 15.9 Å². The second-order valence-corrected chi connectivity index (χ2v) is 7.58. The maximum Gasteiger partial charge on any atom is 0.248 e. The van der Waals surface area contributed by atoms with Crippen molar-refractivity contribution in [2.75, 3.05) is 19.6 Å². The van der Waals surface area contributed by atoms with Crippen LogP contribution < -0.4 is 0 Å². The highest BCUT2D eigenvalue weighted by molar-refractivity contribution is 9.09. The average Bonchev–Trinajstić information content (AvgIpc) is 2.28. The Hall–Kier alpha value is 0.300. The Morgan fingerprint density at radius 3 is 2.50 bits per heavy atom. The Morgan fingerprint density at radius 1 is 1.28 bits per heavy atom. The fraction of sp³-hybridized carbons (Fsp3) is 1.00. The van der Waals surface area contributed by atoms with Crippen LogP contribution in [0.2, 0.25) is 0 Å². The lowest BCUT2D eigenvalue weighted by molar-refractivity contribution is -0.0579. The molecule has 0 aromatic heterocycles. The molecule has 1 nitrogen and oxygen atoms in total. The molecule has 1 saturated heterocycles. The highest BCUT2D eigenvalue weighted by Gasteiger charge is 2.37. The molecule has 2 fully saturated rings. The zero-order chi connectivity index (χ0) is 13.2. The SMILES string of the molecule is CC(Br)C1CCN(CC2CCCC(F)(F)C2)CC1. The van der Waals surface area contributed by atoms with Crippen LogP contribution >= 0.6 is 15.9 Å². The Bertz CT molecular complexity index is 263. The van der Waals surface area contributed by atoms with Gasteiger partial charge < -0.3 is 4.90 Å². The van der Waals surface area contributed by atoms with Gasteiger partial charge in [0.1, 0.15) is 0 Å². The Kier molecular flexibility index (Phi) is 5.04. The highest BCUT2D eigenvalue weighted by atomic mass is 79.9. The van der Waals surface area contributed by atoms with Crippen molar-refractivity contribution in [3.05, 3.63) is 0 Å². The molecule has 2 atom stereocenters. The van der Waals surface area contributed by atoms with Gasteiger partial charge in [0.25, 0.3) is 0 Å². The second kappa shape index (κ2) is 6.17. The van der Waals surface area contributed by atoms with Crippen molar-refractivity contribution in [1.29, 1.82) is 0 Å². The fourth-order valence-corrected chi connectivity index (χ4v) is 3.92. The summed E-state index contributed by atoms with van der Waals surface area (Å²) >= 11 is 3.65. The maximum atomic E-state index is 13.4. The second-order valence-electron chi connectivity index (χ2n) is 6.13. The first-order chi connectivity index (χ1) is 8.46. The number of hydrogen-bond acceptors (Lipinski definition) is 1. The Balaban J connectivity index is 1.74. The molecule has 1 aliphatic carbocycles. The van der Waals surface area contributed by atoms with E-state index in [0.29, 0.717) is 11.2 Å². The number of likely N-dealkylation sites (tertiary alicyclic amines) is 1. The molecule has 0 aromatic carbocycles. The van der Waals surface area contributed by atoms with Gasteiger partial charge in [0.15, 0.2) is 0 Å². The van der Waals surface area contributed by atoms with Crippen LogP contribution in [0.1, 0.15) is 45.4 Å². The number of alkyl halides is 3. The van der Waals surface area contributed by atoms with Gasteiger partial charge in [-0.1, -0.05) is 22.9 Å². The summed E-state index contributed by atoms with van der Waals surface area (Å²) in [5, 5.41) is 0. The molecule has 4 heteroatoms. The molecule has 0 aromatic rings. The van der Waals surface area contributed by atoms with Crippen molar-refractivity contribution in [2.45, 2.75) is 56.2 Å². The van der Waals surface area contributed by atoms with Crippen LogP contribution in [0.4, 0.5) is 8.78 Å². The molecule has 18 heavy (non-hydrogen) atoms. The van der Waals surface area contributed by atoms with E-state index < -0.39 is 5.92 Å². The molecule has 0 N–H and O–H groups in total. The van der Waals surface area contributed by atoms with Crippen LogP contribution in [0.5, 0.6) is 0 Å². The van der Waals surface area contributed by atoms with E-state index in [4.69, 9.17) is 0 Å². The third-order valence-corrected chi connectivity index (χ3v) is 5.29. The van der Waals surface area contributed by atoms with Gasteiger partial charge in [0.05, 0.1) is 0 Å². The third-order valence-electron chi connectivity index (χ3n) is 4.54. The summed E-state index contributed by atoms with van der Waals surface area (Å²) in [6.45, 7) is 5.27. The molecule has 0 radical (unpaired) electrons. The minimum Gasteiger partial charge on any atom is -0.303 e. The number of piperidine rings is 1. The summed E-state index contributed by atoms with van der Waals surface area (Å²) in [5.41, 5.74) is 0. The number of halogens is 3. The van der Waals surface area contributed by atoms with Gasteiger partial charge >= 0.3 is 0 Å². The predicted molar refractivity (Wildman–Crippen MR) is 74.5 cm³/mol. The molecule has 0 bridgehead atoms. The average molecular weight is 324 g/mol. The van der Waals surface area contributed by atoms with Crippen LogP contribution in [0.15, 0.2) is 0 Å². The first-order valence-electron chi connectivity index (χ1n) is 7.20. The van der Waals surface area contributed by atoms with Crippen LogP contribution in [0.25, 0.3) is 0 Å². The zero-order valence-electron chi connectivity index (χ0n) is 11.2. The minimum absolute atomic E-state index is 0.104. The summed E-state index contributed by atoms with van der Waals surface area (Å²) in [7, 11) is 0. The van der Waals surface area contributed by atoms with Gasteiger partial charge in [-0.2, -0.15) is 0 Å². The maximum absolute atomic E-state index is 13.4. The summed E-state index contributed by atoms with van der Waals surface area (Å²) in [6.07, 6.45) is 4.32. The highest BCUT2D eigenvalue weighted by Crippen LogP contribution is 2.37. The van der Waals surface area contributed by atoms with E-state index in [1.54, 1.807) is 0 Å². The quantitative estimate of drug-likeness (QED) is 0.699. The van der Waals surface area contributed by atoms with Gasteiger partial charge in [-0.15, -0.1) is 0 Å². The van der Waals surface area contributed by atoms with Gasteiger partial charge in [0, 0.05) is 24.2 Å². The van der Waals surface area contributed by atoms with E-state index in [1.807, 2.05) is 0 Å². The van der Waals surface area contributed by atoms with Crippen molar-refractivity contribution in [3.8, 4) is 0 Å². The summed E-state index contributed by atoms with van der Waals surface area (Å²) in [5.74, 6) is -1.42. The van der Waals surface area contributed by atoms with Crippen LogP contribution in [-0.2, 0) is 0 Å².